The quantitative estimate of drug-likeness (QED) is 0.423. The molecule has 1 aliphatic heterocycles. The van der Waals surface area contributed by atoms with Gasteiger partial charge in [0.15, 0.2) is 5.54 Å². The van der Waals surface area contributed by atoms with Crippen LogP contribution in [0, 0.1) is 0 Å². The van der Waals surface area contributed by atoms with E-state index in [1.54, 1.807) is 6.20 Å². The van der Waals surface area contributed by atoms with Gasteiger partial charge in [-0.1, -0.05) is 0 Å². The molecule has 0 aromatic carbocycles. The molecule has 1 fully saturated rings. The number of hydrogen-bond donors (Lipinski definition) is 5. The van der Waals surface area contributed by atoms with Crippen LogP contribution in [0.25, 0.3) is 0 Å². The number of piperazine rings is 1. The number of anilines is 1. The number of carbonyl (C=O) groups is 1. The molecule has 3 aromatic heterocycles. The highest BCUT2D eigenvalue weighted by atomic mass is 16.3. The maximum atomic E-state index is 13.8. The molecule has 1 amide bonds. The summed E-state index contributed by atoms with van der Waals surface area (Å²) in [5.41, 5.74) is 0.618. The molecule has 1 saturated heterocycles. The molecule has 0 saturated carbocycles. The number of β-amino-alcohol motifs (C(OH)–C–C–N with tert-alkyl or cyclic N) is 1. The number of carbonyl (C=O) groups excluding carboxylic acids is 1. The molecule has 5 N–H and O–H groups in total. The van der Waals surface area contributed by atoms with Crippen molar-refractivity contribution in [3.63, 3.8) is 0 Å². The zero-order valence-corrected chi connectivity index (χ0v) is 15.7. The highest BCUT2D eigenvalue weighted by molar-refractivity contribution is 6.00. The molecule has 4 heterocycles. The van der Waals surface area contributed by atoms with E-state index >= 15 is 0 Å². The molecule has 8 nitrogen and oxygen atoms in total. The van der Waals surface area contributed by atoms with Gasteiger partial charge in [0, 0.05) is 51.3 Å². The van der Waals surface area contributed by atoms with E-state index in [-0.39, 0.29) is 12.5 Å². The summed E-state index contributed by atoms with van der Waals surface area (Å²) in [6, 6.07) is 11.4. The number of aliphatic hydroxyl groups excluding tert-OH is 1. The molecule has 148 valence electrons. The topological polar surface area (TPSA) is 103 Å². The van der Waals surface area contributed by atoms with E-state index in [0.717, 1.165) is 24.5 Å². The van der Waals surface area contributed by atoms with E-state index < -0.39 is 5.54 Å². The van der Waals surface area contributed by atoms with Crippen molar-refractivity contribution in [3.8, 4) is 0 Å². The number of nitrogens with zero attached hydrogens (tertiary/aromatic N) is 2. The van der Waals surface area contributed by atoms with Crippen LogP contribution in [0.15, 0.2) is 55.0 Å². The van der Waals surface area contributed by atoms with Crippen LogP contribution in [0.2, 0.25) is 0 Å². The number of aromatic amines is 3. The summed E-state index contributed by atoms with van der Waals surface area (Å²) < 4.78 is 0. The highest BCUT2D eigenvalue weighted by Gasteiger charge is 2.50. The first kappa shape index (κ1) is 18.5. The fourth-order valence-corrected chi connectivity index (χ4v) is 4.05. The van der Waals surface area contributed by atoms with Crippen molar-refractivity contribution < 1.29 is 9.90 Å². The van der Waals surface area contributed by atoms with Gasteiger partial charge >= 0.3 is 0 Å². The van der Waals surface area contributed by atoms with Crippen LogP contribution in [0.4, 0.5) is 5.82 Å². The Hall–Kier alpha value is -2.81. The molecule has 0 aliphatic carbocycles. The molecular weight excluding hydrogens is 356 g/mol. The third-order valence-corrected chi connectivity index (χ3v) is 5.41. The molecule has 1 aliphatic rings. The van der Waals surface area contributed by atoms with Crippen LogP contribution in [0.1, 0.15) is 11.4 Å². The SMILES string of the molecule is O=C(Nc1ccc[nH]1)C(c1ccc[nH]1)(c1ccc[nH]1)N1CCN(CCO)CC1. The Morgan fingerprint density at radius 2 is 1.57 bits per heavy atom. The standard InChI is InChI=1S/C20H26N6O2/c27-15-14-25-10-12-26(13-11-25)20(16-4-1-7-21-16,17-5-2-8-22-17)19(28)24-18-6-3-9-23-18/h1-9,21-23,27H,10-15H2,(H,24,28). The number of hydrogen-bond acceptors (Lipinski definition) is 4. The predicted molar refractivity (Wildman–Crippen MR) is 107 cm³/mol. The summed E-state index contributed by atoms with van der Waals surface area (Å²) in [6.45, 7) is 3.79. The first-order valence-electron chi connectivity index (χ1n) is 9.56. The van der Waals surface area contributed by atoms with Crippen molar-refractivity contribution in [2.24, 2.45) is 0 Å². The molecule has 0 radical (unpaired) electrons. The lowest BCUT2D eigenvalue weighted by atomic mass is 9.87. The molecule has 0 spiro atoms. The first-order chi connectivity index (χ1) is 13.7. The normalized spacial score (nSPS) is 16.3. The fraction of sp³-hybridized carbons (Fsp3) is 0.350. The van der Waals surface area contributed by atoms with E-state index in [1.165, 1.54) is 0 Å². The average Bonchev–Trinajstić information content (AvgIpc) is 3.48. The Labute approximate surface area is 163 Å². The van der Waals surface area contributed by atoms with Gasteiger partial charge in [0.1, 0.15) is 5.82 Å². The molecule has 3 aromatic rings. The van der Waals surface area contributed by atoms with Crippen LogP contribution < -0.4 is 5.32 Å². The van der Waals surface area contributed by atoms with Crippen molar-refractivity contribution in [1.29, 1.82) is 0 Å². The van der Waals surface area contributed by atoms with Gasteiger partial charge in [0.25, 0.3) is 5.91 Å². The third kappa shape index (κ3) is 3.26. The van der Waals surface area contributed by atoms with E-state index in [4.69, 9.17) is 0 Å². The van der Waals surface area contributed by atoms with Gasteiger partial charge in [-0.25, -0.2) is 0 Å². The van der Waals surface area contributed by atoms with Crippen molar-refractivity contribution >= 4 is 11.7 Å². The number of amides is 1. The molecule has 4 rings (SSSR count). The highest BCUT2D eigenvalue weighted by Crippen LogP contribution is 2.36. The van der Waals surface area contributed by atoms with E-state index in [9.17, 15) is 9.90 Å². The minimum atomic E-state index is -1.01. The lowest BCUT2D eigenvalue weighted by Crippen LogP contribution is -2.61. The van der Waals surface area contributed by atoms with Crippen LogP contribution in [0.5, 0.6) is 0 Å². The van der Waals surface area contributed by atoms with Gasteiger partial charge < -0.3 is 25.4 Å². The predicted octanol–water partition coefficient (Wildman–Crippen LogP) is 1.16. The van der Waals surface area contributed by atoms with Gasteiger partial charge in [-0.15, -0.1) is 0 Å². The maximum Gasteiger partial charge on any atom is 0.258 e. The van der Waals surface area contributed by atoms with E-state index in [1.807, 2.05) is 48.8 Å². The first-order valence-corrected chi connectivity index (χ1v) is 9.56. The molecular formula is C20H26N6O2. The number of aliphatic hydroxyl groups is 1. The summed E-state index contributed by atoms with van der Waals surface area (Å²) >= 11 is 0. The number of nitrogens with one attached hydrogen (secondary N) is 4. The zero-order chi connectivity index (χ0) is 19.4. The maximum absolute atomic E-state index is 13.8. The Kier molecular flexibility index (Phi) is 5.34. The van der Waals surface area contributed by atoms with Crippen LogP contribution in [0.3, 0.4) is 0 Å². The second-order valence-electron chi connectivity index (χ2n) is 6.97. The summed E-state index contributed by atoms with van der Waals surface area (Å²) in [5, 5.41) is 12.3. The van der Waals surface area contributed by atoms with Crippen molar-refractivity contribution in [2.75, 3.05) is 44.6 Å². The molecule has 0 atom stereocenters. The number of aromatic nitrogens is 3. The van der Waals surface area contributed by atoms with Gasteiger partial charge in [-0.3, -0.25) is 14.6 Å². The lowest BCUT2D eigenvalue weighted by Gasteiger charge is -2.45. The Morgan fingerprint density at radius 3 is 2.07 bits per heavy atom. The Bertz CT molecular complexity index is 815. The summed E-state index contributed by atoms with van der Waals surface area (Å²) in [4.78, 5) is 27.8. The molecule has 0 unspecified atom stereocenters. The molecule has 8 heteroatoms. The Balaban J connectivity index is 1.74. The van der Waals surface area contributed by atoms with Gasteiger partial charge in [0.05, 0.1) is 18.0 Å². The van der Waals surface area contributed by atoms with Crippen molar-refractivity contribution in [3.05, 3.63) is 66.4 Å². The zero-order valence-electron chi connectivity index (χ0n) is 15.7. The largest absolute Gasteiger partial charge is 0.395 e. The average molecular weight is 382 g/mol. The molecule has 28 heavy (non-hydrogen) atoms. The summed E-state index contributed by atoms with van der Waals surface area (Å²) in [6.07, 6.45) is 5.47. The molecule has 0 bridgehead atoms. The third-order valence-electron chi connectivity index (χ3n) is 5.41. The summed E-state index contributed by atoms with van der Waals surface area (Å²) in [5.74, 6) is 0.530. The second-order valence-corrected chi connectivity index (χ2v) is 6.97. The van der Waals surface area contributed by atoms with E-state index in [0.29, 0.717) is 25.5 Å². The van der Waals surface area contributed by atoms with Crippen LogP contribution in [-0.4, -0.2) is 75.1 Å². The lowest BCUT2D eigenvalue weighted by molar-refractivity contribution is -0.128. The van der Waals surface area contributed by atoms with Crippen LogP contribution in [-0.2, 0) is 10.3 Å². The van der Waals surface area contributed by atoms with Crippen molar-refractivity contribution in [2.45, 2.75) is 5.54 Å². The van der Waals surface area contributed by atoms with Gasteiger partial charge in [0.2, 0.25) is 0 Å². The smallest absolute Gasteiger partial charge is 0.258 e. The summed E-state index contributed by atoms with van der Waals surface area (Å²) in [7, 11) is 0. The van der Waals surface area contributed by atoms with Gasteiger partial charge in [-0.2, -0.15) is 0 Å². The van der Waals surface area contributed by atoms with Crippen LogP contribution >= 0.6 is 0 Å². The fourth-order valence-electron chi connectivity index (χ4n) is 4.05. The number of H-pyrrole nitrogens is 3. The minimum Gasteiger partial charge on any atom is -0.395 e. The Morgan fingerprint density at radius 1 is 0.964 bits per heavy atom. The second kappa shape index (κ2) is 8.05. The van der Waals surface area contributed by atoms with E-state index in [2.05, 4.69) is 30.1 Å². The van der Waals surface area contributed by atoms with Gasteiger partial charge in [-0.05, 0) is 36.4 Å². The minimum absolute atomic E-state index is 0.129. The monoisotopic (exact) mass is 382 g/mol. The number of rotatable bonds is 7. The van der Waals surface area contributed by atoms with Crippen molar-refractivity contribution in [1.82, 2.24) is 24.8 Å².